The molecule has 63 heavy (non-hydrogen) atoms. The summed E-state index contributed by atoms with van der Waals surface area (Å²) in [5, 5.41) is 1.12. The molecule has 0 radical (unpaired) electrons. The Labute approximate surface area is 376 Å². The summed E-state index contributed by atoms with van der Waals surface area (Å²) >= 11 is 0. The summed E-state index contributed by atoms with van der Waals surface area (Å²) in [7, 11) is 0. The molecule has 0 aliphatic carbocycles. The summed E-state index contributed by atoms with van der Waals surface area (Å²) in [5.41, 5.74) is 12.9. The Kier molecular flexibility index (Phi) is 8.75. The number of nitrogens with zero attached hydrogens (tertiary/aromatic N) is 4. The lowest BCUT2D eigenvalue weighted by atomic mass is 9.78. The van der Waals surface area contributed by atoms with Crippen LogP contribution >= 0.6 is 0 Å². The average molecular weight is 825 g/mol. The highest BCUT2D eigenvalue weighted by Crippen LogP contribution is 2.40. The number of benzene rings is 7. The topological polar surface area (TPSA) is 35.9 Å². The molecule has 5 heteroatoms. The van der Waals surface area contributed by atoms with E-state index in [2.05, 4.69) is 161 Å². The van der Waals surface area contributed by atoms with E-state index in [1.54, 1.807) is 6.20 Å². The molecule has 7 aromatic carbocycles. The summed E-state index contributed by atoms with van der Waals surface area (Å²) in [6, 6.07) is 49.4. The van der Waals surface area contributed by atoms with E-state index in [0.717, 1.165) is 56.6 Å². The molecule has 0 aliphatic rings. The summed E-state index contributed by atoms with van der Waals surface area (Å²) in [6.07, 6.45) is 6.34. The SMILES string of the molecule is [2H]c1c([2H])c([2H])c2c(c1[2H])c1ccc(Oc3cccc(-n4[c-][n+](-c5c(-c6ccccc6)cccc5-c5cc(C(C)(C)C)cc(C(C)(C)C)c5)c5ccccc54)c3)cc1n2-c1cc(CC)ccn1. The molecular formula is C58H52N4O. The number of hydrogen-bond donors (Lipinski definition) is 0. The smallest absolute Gasteiger partial charge is 0.269 e. The Morgan fingerprint density at radius 3 is 2.08 bits per heavy atom. The van der Waals surface area contributed by atoms with Gasteiger partial charge < -0.3 is 4.74 Å². The van der Waals surface area contributed by atoms with Crippen molar-refractivity contribution in [1.29, 1.82) is 0 Å². The van der Waals surface area contributed by atoms with Crippen LogP contribution < -0.4 is 9.30 Å². The van der Waals surface area contributed by atoms with Gasteiger partial charge >= 0.3 is 0 Å². The first-order valence-electron chi connectivity index (χ1n) is 23.7. The molecule has 10 rings (SSSR count). The van der Waals surface area contributed by atoms with E-state index in [-0.39, 0.29) is 35.0 Å². The van der Waals surface area contributed by atoms with Gasteiger partial charge in [-0.05, 0) is 105 Å². The number of para-hydroxylation sites is 4. The lowest BCUT2D eigenvalue weighted by Gasteiger charge is -2.27. The molecule has 0 saturated heterocycles. The van der Waals surface area contributed by atoms with Crippen molar-refractivity contribution in [3.8, 4) is 50.9 Å². The molecule has 0 saturated carbocycles. The van der Waals surface area contributed by atoms with Crippen LogP contribution in [0.5, 0.6) is 11.5 Å². The zero-order chi connectivity index (χ0) is 46.9. The van der Waals surface area contributed by atoms with Crippen molar-refractivity contribution in [3.05, 3.63) is 199 Å². The van der Waals surface area contributed by atoms with E-state index >= 15 is 0 Å². The largest absolute Gasteiger partial charge is 0.458 e. The molecule has 0 amide bonds. The molecule has 0 fully saturated rings. The van der Waals surface area contributed by atoms with Crippen molar-refractivity contribution < 1.29 is 14.8 Å². The Balaban J connectivity index is 1.13. The summed E-state index contributed by atoms with van der Waals surface area (Å²) < 4.78 is 47.8. The number of fused-ring (bicyclic) bond motifs is 4. The molecule has 0 N–H and O–H groups in total. The Morgan fingerprint density at radius 1 is 0.619 bits per heavy atom. The zero-order valence-corrected chi connectivity index (χ0v) is 36.8. The molecule has 0 aliphatic heterocycles. The predicted molar refractivity (Wildman–Crippen MR) is 260 cm³/mol. The third-order valence-corrected chi connectivity index (χ3v) is 12.0. The average Bonchev–Trinajstić information content (AvgIpc) is 3.88. The molecular weight excluding hydrogens is 769 g/mol. The van der Waals surface area contributed by atoms with E-state index in [0.29, 0.717) is 39.1 Å². The number of rotatable bonds is 8. The summed E-state index contributed by atoms with van der Waals surface area (Å²) in [4.78, 5) is 4.69. The number of hydrogen-bond acceptors (Lipinski definition) is 2. The number of ether oxygens (including phenoxy) is 1. The molecule has 0 atom stereocenters. The molecule has 3 aromatic heterocycles. The van der Waals surface area contributed by atoms with Crippen LogP contribution in [0.4, 0.5) is 0 Å². The number of aryl methyl sites for hydroxylation is 1. The van der Waals surface area contributed by atoms with Gasteiger partial charge in [-0.1, -0.05) is 164 Å². The van der Waals surface area contributed by atoms with E-state index in [9.17, 15) is 0 Å². The van der Waals surface area contributed by atoms with Gasteiger partial charge in [0.05, 0.1) is 38.9 Å². The number of imidazole rings is 1. The van der Waals surface area contributed by atoms with Gasteiger partial charge in [0.2, 0.25) is 0 Å². The second-order valence-electron chi connectivity index (χ2n) is 18.3. The molecule has 0 bridgehead atoms. The zero-order valence-electron chi connectivity index (χ0n) is 40.8. The van der Waals surface area contributed by atoms with Gasteiger partial charge in [-0.3, -0.25) is 13.7 Å². The van der Waals surface area contributed by atoms with Gasteiger partial charge in [0, 0.05) is 23.0 Å². The van der Waals surface area contributed by atoms with E-state index in [4.69, 9.17) is 15.2 Å². The van der Waals surface area contributed by atoms with Gasteiger partial charge in [-0.2, -0.15) is 0 Å². The predicted octanol–water partition coefficient (Wildman–Crippen LogP) is 14.5. The van der Waals surface area contributed by atoms with Crippen LogP contribution in [0.2, 0.25) is 0 Å². The third-order valence-electron chi connectivity index (χ3n) is 12.0. The number of aromatic nitrogens is 4. The van der Waals surface area contributed by atoms with Crippen LogP contribution in [0.25, 0.3) is 72.3 Å². The van der Waals surface area contributed by atoms with E-state index in [1.165, 1.54) is 11.1 Å². The van der Waals surface area contributed by atoms with Gasteiger partial charge in [0.25, 0.3) is 6.33 Å². The van der Waals surface area contributed by atoms with Crippen molar-refractivity contribution >= 4 is 32.8 Å². The van der Waals surface area contributed by atoms with Crippen molar-refractivity contribution in [2.75, 3.05) is 0 Å². The second kappa shape index (κ2) is 15.6. The van der Waals surface area contributed by atoms with Crippen molar-refractivity contribution in [2.24, 2.45) is 0 Å². The highest BCUT2D eigenvalue weighted by atomic mass is 16.5. The van der Waals surface area contributed by atoms with Crippen LogP contribution in [0.15, 0.2) is 176 Å². The normalized spacial score (nSPS) is 13.0. The van der Waals surface area contributed by atoms with Crippen molar-refractivity contribution in [1.82, 2.24) is 14.1 Å². The van der Waals surface area contributed by atoms with Gasteiger partial charge in [-0.15, -0.1) is 0 Å². The Bertz CT molecular complexity index is 3530. The van der Waals surface area contributed by atoms with Crippen LogP contribution in [-0.2, 0) is 17.3 Å². The molecule has 10 aromatic rings. The maximum absolute atomic E-state index is 8.99. The van der Waals surface area contributed by atoms with Crippen molar-refractivity contribution in [2.45, 2.75) is 65.7 Å². The third kappa shape index (κ3) is 7.38. The quantitative estimate of drug-likeness (QED) is 0.113. The minimum atomic E-state index is -0.290. The molecule has 3 heterocycles. The van der Waals surface area contributed by atoms with Gasteiger partial charge in [0.1, 0.15) is 17.3 Å². The van der Waals surface area contributed by atoms with Crippen LogP contribution in [0, 0.1) is 6.33 Å². The first-order valence-corrected chi connectivity index (χ1v) is 21.7. The fourth-order valence-electron chi connectivity index (χ4n) is 8.56. The van der Waals surface area contributed by atoms with Crippen molar-refractivity contribution in [3.63, 3.8) is 0 Å². The monoisotopic (exact) mass is 824 g/mol. The molecule has 5 nitrogen and oxygen atoms in total. The lowest BCUT2D eigenvalue weighted by Crippen LogP contribution is -2.31. The molecule has 0 unspecified atom stereocenters. The Hall–Kier alpha value is -7.24. The Morgan fingerprint density at radius 2 is 1.32 bits per heavy atom. The summed E-state index contributed by atoms with van der Waals surface area (Å²) in [5.74, 6) is 1.72. The first kappa shape index (κ1) is 35.4. The molecule has 310 valence electrons. The van der Waals surface area contributed by atoms with E-state index < -0.39 is 0 Å². The second-order valence-corrected chi connectivity index (χ2v) is 18.3. The van der Waals surface area contributed by atoms with Crippen LogP contribution in [0.1, 0.15) is 70.6 Å². The fraction of sp³-hybridized carbons (Fsp3) is 0.172. The first-order chi connectivity index (χ1) is 32.1. The maximum Gasteiger partial charge on any atom is 0.269 e. The minimum Gasteiger partial charge on any atom is -0.458 e. The summed E-state index contributed by atoms with van der Waals surface area (Å²) in [6.45, 7) is 15.7. The highest BCUT2D eigenvalue weighted by Gasteiger charge is 2.25. The standard InChI is InChI=1S/C58H52N4O/c1-8-39-30-31-59-55(32-39)62-51-25-13-12-22-49(51)50-29-28-46(37-54(50)62)63-45-21-16-20-44(36-45)60-38-61(53-27-15-14-26-52(53)60)56-47(40-18-10-9-11-19-40)23-17-24-48(56)41-33-42(57(2,3)4)35-43(34-41)58(5,6)7/h9-37H,8H2,1-7H3/i12D,13D,22D,25D. The maximum atomic E-state index is 8.99. The molecule has 0 spiro atoms. The number of pyridine rings is 1. The lowest BCUT2D eigenvalue weighted by molar-refractivity contribution is -0.571. The van der Waals surface area contributed by atoms with Crippen LogP contribution in [0.3, 0.4) is 0 Å². The van der Waals surface area contributed by atoms with Gasteiger partial charge in [-0.25, -0.2) is 4.98 Å². The van der Waals surface area contributed by atoms with Crippen LogP contribution in [-0.4, -0.2) is 14.1 Å². The fourth-order valence-corrected chi connectivity index (χ4v) is 8.56. The van der Waals surface area contributed by atoms with E-state index in [1.807, 2.05) is 53.1 Å². The van der Waals surface area contributed by atoms with Gasteiger partial charge in [0.15, 0.2) is 0 Å². The highest BCUT2D eigenvalue weighted by molar-refractivity contribution is 6.09. The minimum absolute atomic E-state index is 0.0624.